The van der Waals surface area contributed by atoms with Gasteiger partial charge in [0.1, 0.15) is 0 Å². The van der Waals surface area contributed by atoms with Crippen molar-refractivity contribution in [3.8, 4) is 0 Å². The van der Waals surface area contributed by atoms with Crippen molar-refractivity contribution in [2.75, 3.05) is 26.8 Å². The van der Waals surface area contributed by atoms with E-state index < -0.39 is 0 Å². The zero-order valence-corrected chi connectivity index (χ0v) is 11.6. The van der Waals surface area contributed by atoms with Crippen LogP contribution in [0.3, 0.4) is 0 Å². The Labute approximate surface area is 112 Å². The van der Waals surface area contributed by atoms with Crippen molar-refractivity contribution >= 4 is 21.4 Å². The average molecular weight is 261 g/mol. The Morgan fingerprint density at radius 1 is 1.39 bits per heavy atom. The summed E-state index contributed by atoms with van der Waals surface area (Å²) in [4.78, 5) is 3.88. The molecule has 1 aliphatic rings. The van der Waals surface area contributed by atoms with Gasteiger partial charge in [0.05, 0.1) is 6.61 Å². The Balaban J connectivity index is 1.64. The number of hydrogen-bond acceptors (Lipinski definition) is 3. The van der Waals surface area contributed by atoms with E-state index in [0.717, 1.165) is 32.2 Å². The van der Waals surface area contributed by atoms with Crippen LogP contribution in [0.2, 0.25) is 0 Å². The molecule has 0 amide bonds. The summed E-state index contributed by atoms with van der Waals surface area (Å²) in [5.41, 5.74) is 0. The molecule has 0 bridgehead atoms. The second-order valence-corrected chi connectivity index (χ2v) is 6.35. The molecule has 0 aliphatic carbocycles. The van der Waals surface area contributed by atoms with Crippen molar-refractivity contribution in [2.24, 2.45) is 5.92 Å². The number of thiophene rings is 1. The van der Waals surface area contributed by atoms with Crippen LogP contribution in [0.15, 0.2) is 30.3 Å². The highest BCUT2D eigenvalue weighted by Crippen LogP contribution is 2.26. The largest absolute Gasteiger partial charge is 0.381 e. The quantitative estimate of drug-likeness (QED) is 0.836. The lowest BCUT2D eigenvalue weighted by atomic mass is 10.1. The van der Waals surface area contributed by atoms with Gasteiger partial charge in [0.15, 0.2) is 0 Å². The highest BCUT2D eigenvalue weighted by Gasteiger charge is 2.17. The van der Waals surface area contributed by atoms with Crippen LogP contribution >= 0.6 is 11.3 Å². The first-order valence-electron chi connectivity index (χ1n) is 6.55. The normalized spacial score (nSPS) is 20.0. The molecule has 2 heterocycles. The molecule has 2 aromatic rings. The van der Waals surface area contributed by atoms with Crippen molar-refractivity contribution < 1.29 is 4.74 Å². The molecule has 1 fully saturated rings. The molecule has 3 heteroatoms. The molecule has 1 aliphatic heterocycles. The minimum absolute atomic E-state index is 0.726. The first kappa shape index (κ1) is 12.2. The molecular formula is C15H19NOS. The van der Waals surface area contributed by atoms with Crippen LogP contribution in [0.1, 0.15) is 11.3 Å². The van der Waals surface area contributed by atoms with Crippen LogP contribution in [0.25, 0.3) is 10.1 Å². The van der Waals surface area contributed by atoms with Gasteiger partial charge in [-0.25, -0.2) is 0 Å². The smallest absolute Gasteiger partial charge is 0.0507 e. The Bertz CT molecular complexity index is 483. The van der Waals surface area contributed by atoms with E-state index in [-0.39, 0.29) is 0 Å². The fraction of sp³-hybridized carbons (Fsp3) is 0.467. The standard InChI is InChI=1S/C15H19NOS/c1-16(9-12-6-7-17-11-12)10-14-8-13-4-2-3-5-15(13)18-14/h2-5,8,12H,6-7,9-11H2,1H3/t12-/m0/s1. The third-order valence-corrected chi connectivity index (χ3v) is 4.60. The van der Waals surface area contributed by atoms with E-state index in [1.54, 1.807) is 0 Å². The van der Waals surface area contributed by atoms with Gasteiger partial charge in [-0.2, -0.15) is 0 Å². The summed E-state index contributed by atoms with van der Waals surface area (Å²) < 4.78 is 6.83. The van der Waals surface area contributed by atoms with Crippen molar-refractivity contribution in [1.29, 1.82) is 0 Å². The van der Waals surface area contributed by atoms with E-state index in [9.17, 15) is 0 Å². The average Bonchev–Trinajstić information content (AvgIpc) is 2.96. The molecule has 18 heavy (non-hydrogen) atoms. The molecule has 1 saturated heterocycles. The van der Waals surface area contributed by atoms with Gasteiger partial charge < -0.3 is 9.64 Å². The van der Waals surface area contributed by atoms with Gasteiger partial charge >= 0.3 is 0 Å². The number of nitrogens with zero attached hydrogens (tertiary/aromatic N) is 1. The van der Waals surface area contributed by atoms with Gasteiger partial charge in [-0.15, -0.1) is 11.3 Å². The maximum Gasteiger partial charge on any atom is 0.0507 e. The maximum atomic E-state index is 5.43. The summed E-state index contributed by atoms with van der Waals surface area (Å²) >= 11 is 1.91. The van der Waals surface area contributed by atoms with E-state index in [1.165, 1.54) is 21.4 Å². The zero-order chi connectivity index (χ0) is 12.4. The Hall–Kier alpha value is -0.900. The SMILES string of the molecule is CN(Cc1cc2ccccc2s1)C[C@@H]1CCOC1. The van der Waals surface area contributed by atoms with Gasteiger partial charge in [0, 0.05) is 29.3 Å². The molecular weight excluding hydrogens is 242 g/mol. The number of ether oxygens (including phenoxy) is 1. The number of fused-ring (bicyclic) bond motifs is 1. The summed E-state index contributed by atoms with van der Waals surface area (Å²) in [6, 6.07) is 10.9. The van der Waals surface area contributed by atoms with Crippen LogP contribution < -0.4 is 0 Å². The molecule has 1 aromatic heterocycles. The Kier molecular flexibility index (Phi) is 3.64. The van der Waals surface area contributed by atoms with Gasteiger partial charge in [-0.1, -0.05) is 18.2 Å². The predicted octanol–water partition coefficient (Wildman–Crippen LogP) is 3.37. The second kappa shape index (κ2) is 5.39. The van der Waals surface area contributed by atoms with Crippen LogP contribution in [0.5, 0.6) is 0 Å². The highest BCUT2D eigenvalue weighted by molar-refractivity contribution is 7.19. The van der Waals surface area contributed by atoms with Crippen molar-refractivity contribution in [3.63, 3.8) is 0 Å². The predicted molar refractivity (Wildman–Crippen MR) is 77.1 cm³/mol. The van der Waals surface area contributed by atoms with Crippen LogP contribution in [0, 0.1) is 5.92 Å². The third-order valence-electron chi connectivity index (χ3n) is 3.50. The monoisotopic (exact) mass is 261 g/mol. The van der Waals surface area contributed by atoms with Crippen LogP contribution in [0.4, 0.5) is 0 Å². The van der Waals surface area contributed by atoms with Crippen molar-refractivity contribution in [1.82, 2.24) is 4.90 Å². The van der Waals surface area contributed by atoms with Crippen molar-refractivity contribution in [3.05, 3.63) is 35.2 Å². The van der Waals surface area contributed by atoms with Crippen molar-refractivity contribution in [2.45, 2.75) is 13.0 Å². The minimum Gasteiger partial charge on any atom is -0.381 e. The number of benzene rings is 1. The Morgan fingerprint density at radius 2 is 2.28 bits per heavy atom. The van der Waals surface area contributed by atoms with E-state index in [0.29, 0.717) is 0 Å². The van der Waals surface area contributed by atoms with Crippen LogP contribution in [-0.2, 0) is 11.3 Å². The molecule has 0 spiro atoms. The van der Waals surface area contributed by atoms with E-state index >= 15 is 0 Å². The first-order chi connectivity index (χ1) is 8.81. The lowest BCUT2D eigenvalue weighted by Crippen LogP contribution is -2.25. The van der Waals surface area contributed by atoms with E-state index in [4.69, 9.17) is 4.74 Å². The topological polar surface area (TPSA) is 12.5 Å². The zero-order valence-electron chi connectivity index (χ0n) is 10.8. The summed E-state index contributed by atoms with van der Waals surface area (Å²) in [7, 11) is 2.21. The summed E-state index contributed by atoms with van der Waals surface area (Å²) in [6.45, 7) is 4.09. The van der Waals surface area contributed by atoms with Gasteiger partial charge in [-0.05, 0) is 36.9 Å². The molecule has 2 nitrogen and oxygen atoms in total. The molecule has 0 N–H and O–H groups in total. The molecule has 0 radical (unpaired) electrons. The summed E-state index contributed by atoms with van der Waals surface area (Å²) in [5.74, 6) is 0.726. The fourth-order valence-corrected chi connectivity index (χ4v) is 3.76. The van der Waals surface area contributed by atoms with Gasteiger partial charge in [0.2, 0.25) is 0 Å². The fourth-order valence-electron chi connectivity index (χ4n) is 2.61. The number of rotatable bonds is 4. The number of hydrogen-bond donors (Lipinski definition) is 0. The summed E-state index contributed by atoms with van der Waals surface area (Å²) in [6.07, 6.45) is 1.22. The minimum atomic E-state index is 0.726. The van der Waals surface area contributed by atoms with E-state index in [2.05, 4.69) is 42.3 Å². The summed E-state index contributed by atoms with van der Waals surface area (Å²) in [5, 5.41) is 1.37. The Morgan fingerprint density at radius 3 is 3.06 bits per heavy atom. The molecule has 0 unspecified atom stereocenters. The molecule has 1 aromatic carbocycles. The maximum absolute atomic E-state index is 5.43. The molecule has 1 atom stereocenters. The lowest BCUT2D eigenvalue weighted by molar-refractivity contribution is 0.173. The lowest BCUT2D eigenvalue weighted by Gasteiger charge is -2.18. The van der Waals surface area contributed by atoms with Gasteiger partial charge in [0.25, 0.3) is 0 Å². The molecule has 3 rings (SSSR count). The van der Waals surface area contributed by atoms with E-state index in [1.807, 2.05) is 11.3 Å². The van der Waals surface area contributed by atoms with Crippen LogP contribution in [-0.4, -0.2) is 31.7 Å². The highest BCUT2D eigenvalue weighted by atomic mass is 32.1. The first-order valence-corrected chi connectivity index (χ1v) is 7.36. The second-order valence-electron chi connectivity index (χ2n) is 5.18. The molecule has 96 valence electrons. The van der Waals surface area contributed by atoms with Gasteiger partial charge in [-0.3, -0.25) is 0 Å². The third kappa shape index (κ3) is 2.74. The molecule has 0 saturated carbocycles.